The third-order valence-corrected chi connectivity index (χ3v) is 4.48. The smallest absolute Gasteiger partial charge is 0.134 e. The van der Waals surface area contributed by atoms with E-state index >= 15 is 0 Å². The van der Waals surface area contributed by atoms with Crippen LogP contribution in [0.3, 0.4) is 0 Å². The van der Waals surface area contributed by atoms with Crippen molar-refractivity contribution < 1.29 is 0 Å². The fourth-order valence-corrected chi connectivity index (χ4v) is 3.31. The van der Waals surface area contributed by atoms with Crippen molar-refractivity contribution in [3.8, 4) is 0 Å². The molecule has 0 saturated carbocycles. The number of anilines is 2. The fraction of sp³-hybridized carbons (Fsp3) is 0.714. The topological polar surface area (TPSA) is 44.3 Å². The van der Waals surface area contributed by atoms with Crippen LogP contribution in [0.4, 0.5) is 11.6 Å². The van der Waals surface area contributed by atoms with Crippen molar-refractivity contribution in [2.24, 2.45) is 0 Å². The highest BCUT2D eigenvalue weighted by Gasteiger charge is 2.34. The summed E-state index contributed by atoms with van der Waals surface area (Å²) in [4.78, 5) is 13.7. The van der Waals surface area contributed by atoms with Crippen molar-refractivity contribution in [1.82, 2.24) is 14.9 Å². The lowest BCUT2D eigenvalue weighted by atomic mass is 10.1. The van der Waals surface area contributed by atoms with Crippen LogP contribution >= 0.6 is 0 Å². The minimum absolute atomic E-state index is 0.685. The zero-order valence-corrected chi connectivity index (χ0v) is 11.8. The first-order chi connectivity index (χ1) is 9.28. The molecule has 2 bridgehead atoms. The van der Waals surface area contributed by atoms with E-state index in [1.165, 1.54) is 19.3 Å². The van der Waals surface area contributed by atoms with Crippen molar-refractivity contribution in [2.75, 3.05) is 36.9 Å². The van der Waals surface area contributed by atoms with Gasteiger partial charge in [0.05, 0.1) is 0 Å². The van der Waals surface area contributed by atoms with Gasteiger partial charge in [0.15, 0.2) is 0 Å². The predicted molar refractivity (Wildman–Crippen MR) is 77.6 cm³/mol. The number of aromatic nitrogens is 2. The Hall–Kier alpha value is -1.36. The highest BCUT2D eigenvalue weighted by atomic mass is 15.3. The highest BCUT2D eigenvalue weighted by Crippen LogP contribution is 2.30. The van der Waals surface area contributed by atoms with E-state index in [2.05, 4.69) is 45.1 Å². The van der Waals surface area contributed by atoms with Crippen LogP contribution < -0.4 is 10.2 Å². The quantitative estimate of drug-likeness (QED) is 0.895. The van der Waals surface area contributed by atoms with Crippen molar-refractivity contribution in [2.45, 2.75) is 38.3 Å². The van der Waals surface area contributed by atoms with Gasteiger partial charge < -0.3 is 10.2 Å². The molecule has 1 aromatic rings. The number of hydrogen-bond acceptors (Lipinski definition) is 5. The Bertz CT molecular complexity index is 436. The lowest BCUT2D eigenvalue weighted by Crippen LogP contribution is -2.37. The Morgan fingerprint density at radius 3 is 2.95 bits per heavy atom. The number of hydrogen-bond donors (Lipinski definition) is 1. The highest BCUT2D eigenvalue weighted by molar-refractivity contribution is 5.48. The number of likely N-dealkylation sites (N-methyl/N-ethyl adjacent to an activating group) is 1. The summed E-state index contributed by atoms with van der Waals surface area (Å²) < 4.78 is 0. The van der Waals surface area contributed by atoms with Crippen LogP contribution in [0.15, 0.2) is 12.4 Å². The molecule has 0 aromatic carbocycles. The van der Waals surface area contributed by atoms with E-state index in [0.717, 1.165) is 37.3 Å². The standard InChI is InChI=1S/C14H23N5/c1-3-15-13-8-14(17-10-16-13)19-7-6-11-4-5-12(9-19)18(11)2/h8,10-12H,3-7,9H2,1-2H3,(H,15,16,17). The Morgan fingerprint density at radius 1 is 1.26 bits per heavy atom. The molecular formula is C14H23N5. The van der Waals surface area contributed by atoms with Gasteiger partial charge in [0.25, 0.3) is 0 Å². The van der Waals surface area contributed by atoms with Gasteiger partial charge in [0.1, 0.15) is 18.0 Å². The van der Waals surface area contributed by atoms with Gasteiger partial charge in [-0.1, -0.05) is 0 Å². The number of nitrogens with zero attached hydrogens (tertiary/aromatic N) is 4. The molecule has 0 aliphatic carbocycles. The third-order valence-electron chi connectivity index (χ3n) is 4.48. The first kappa shape index (κ1) is 12.7. The molecule has 0 spiro atoms. The van der Waals surface area contributed by atoms with E-state index in [1.54, 1.807) is 6.33 Å². The lowest BCUT2D eigenvalue weighted by molar-refractivity contribution is 0.254. The van der Waals surface area contributed by atoms with Crippen LogP contribution in [0.5, 0.6) is 0 Å². The molecule has 1 N–H and O–H groups in total. The summed E-state index contributed by atoms with van der Waals surface area (Å²) in [5.74, 6) is 1.99. The second-order valence-corrected chi connectivity index (χ2v) is 5.58. The molecule has 104 valence electrons. The van der Waals surface area contributed by atoms with E-state index in [9.17, 15) is 0 Å². The molecule has 2 fully saturated rings. The summed E-state index contributed by atoms with van der Waals surface area (Å²) in [5, 5.41) is 3.26. The summed E-state index contributed by atoms with van der Waals surface area (Å²) in [6.07, 6.45) is 5.60. The maximum atomic E-state index is 4.45. The zero-order chi connectivity index (χ0) is 13.2. The summed E-state index contributed by atoms with van der Waals surface area (Å²) in [7, 11) is 2.27. The largest absolute Gasteiger partial charge is 0.370 e. The van der Waals surface area contributed by atoms with Gasteiger partial charge in [-0.05, 0) is 33.2 Å². The average molecular weight is 261 g/mol. The average Bonchev–Trinajstić information content (AvgIpc) is 2.64. The minimum atomic E-state index is 0.685. The molecule has 5 nitrogen and oxygen atoms in total. The molecule has 0 radical (unpaired) electrons. The number of rotatable bonds is 3. The number of nitrogens with one attached hydrogen (secondary N) is 1. The van der Waals surface area contributed by atoms with Crippen LogP contribution in [0.2, 0.25) is 0 Å². The molecule has 3 heterocycles. The molecule has 1 aromatic heterocycles. The molecular weight excluding hydrogens is 238 g/mol. The van der Waals surface area contributed by atoms with Gasteiger partial charge in [-0.3, -0.25) is 4.90 Å². The molecule has 2 atom stereocenters. The first-order valence-corrected chi connectivity index (χ1v) is 7.30. The Morgan fingerprint density at radius 2 is 2.11 bits per heavy atom. The Labute approximate surface area is 115 Å². The maximum absolute atomic E-state index is 4.45. The molecule has 2 aliphatic rings. The van der Waals surface area contributed by atoms with E-state index < -0.39 is 0 Å². The Balaban J connectivity index is 1.77. The van der Waals surface area contributed by atoms with Gasteiger partial charge in [0.2, 0.25) is 0 Å². The molecule has 3 rings (SSSR count). The maximum Gasteiger partial charge on any atom is 0.134 e. The lowest BCUT2D eigenvalue weighted by Gasteiger charge is -2.26. The van der Waals surface area contributed by atoms with Crippen LogP contribution in [-0.4, -0.2) is 53.6 Å². The van der Waals surface area contributed by atoms with Crippen molar-refractivity contribution in [3.05, 3.63) is 12.4 Å². The van der Waals surface area contributed by atoms with E-state index in [1.807, 2.05) is 0 Å². The van der Waals surface area contributed by atoms with Crippen molar-refractivity contribution in [1.29, 1.82) is 0 Å². The summed E-state index contributed by atoms with van der Waals surface area (Å²) in [6, 6.07) is 3.53. The van der Waals surface area contributed by atoms with Crippen LogP contribution in [0, 0.1) is 0 Å². The Kier molecular flexibility index (Phi) is 3.55. The van der Waals surface area contributed by atoms with Gasteiger partial charge >= 0.3 is 0 Å². The molecule has 2 aliphatic heterocycles. The van der Waals surface area contributed by atoms with E-state index in [0.29, 0.717) is 6.04 Å². The second kappa shape index (κ2) is 5.33. The SMILES string of the molecule is CCNc1cc(N2CCC3CCC(C2)N3C)ncn1. The first-order valence-electron chi connectivity index (χ1n) is 7.30. The summed E-state index contributed by atoms with van der Waals surface area (Å²) >= 11 is 0. The normalized spacial score (nSPS) is 27.4. The van der Waals surface area contributed by atoms with Gasteiger partial charge in [0, 0.05) is 37.8 Å². The third kappa shape index (κ3) is 2.52. The predicted octanol–water partition coefficient (Wildman–Crippen LogP) is 1.58. The van der Waals surface area contributed by atoms with E-state index in [4.69, 9.17) is 0 Å². The van der Waals surface area contributed by atoms with Crippen LogP contribution in [0.25, 0.3) is 0 Å². The van der Waals surface area contributed by atoms with Gasteiger partial charge in [-0.2, -0.15) is 0 Å². The monoisotopic (exact) mass is 261 g/mol. The molecule has 19 heavy (non-hydrogen) atoms. The second-order valence-electron chi connectivity index (χ2n) is 5.58. The van der Waals surface area contributed by atoms with Crippen molar-refractivity contribution in [3.63, 3.8) is 0 Å². The molecule has 2 unspecified atom stereocenters. The summed E-state index contributed by atoms with van der Waals surface area (Å²) in [6.45, 7) is 5.18. The summed E-state index contributed by atoms with van der Waals surface area (Å²) in [5.41, 5.74) is 0. The number of fused-ring (bicyclic) bond motifs is 2. The van der Waals surface area contributed by atoms with Gasteiger partial charge in [-0.25, -0.2) is 9.97 Å². The van der Waals surface area contributed by atoms with Gasteiger partial charge in [-0.15, -0.1) is 0 Å². The zero-order valence-electron chi connectivity index (χ0n) is 11.8. The molecule has 0 amide bonds. The molecule has 5 heteroatoms. The van der Waals surface area contributed by atoms with Crippen LogP contribution in [-0.2, 0) is 0 Å². The fourth-order valence-electron chi connectivity index (χ4n) is 3.31. The minimum Gasteiger partial charge on any atom is -0.370 e. The van der Waals surface area contributed by atoms with Crippen molar-refractivity contribution >= 4 is 11.6 Å². The molecule has 2 saturated heterocycles. The van der Waals surface area contributed by atoms with Crippen LogP contribution in [0.1, 0.15) is 26.2 Å². The van der Waals surface area contributed by atoms with E-state index in [-0.39, 0.29) is 0 Å².